The van der Waals surface area contributed by atoms with E-state index in [1.165, 1.54) is 0 Å². The Morgan fingerprint density at radius 1 is 1.67 bits per heavy atom. The zero-order chi connectivity index (χ0) is 13.3. The molecule has 0 saturated heterocycles. The number of hydrogen-bond acceptors (Lipinski definition) is 0. The van der Waals surface area contributed by atoms with Crippen molar-refractivity contribution in [1.82, 2.24) is 0 Å². The van der Waals surface area contributed by atoms with Crippen LogP contribution in [0.5, 0.6) is 0 Å². The molecule has 0 atom stereocenters. The molecule has 6 heavy (non-hydrogen) atoms. The van der Waals surface area contributed by atoms with Gasteiger partial charge in [0.05, 0.1) is 8.22 Å². The van der Waals surface area contributed by atoms with Crippen LogP contribution in [0, 0.1) is 0 Å². The van der Waals surface area contributed by atoms with E-state index in [0.29, 0.717) is 0 Å². The largest absolute Gasteiger partial charge is 0.103 e. The molecule has 0 fully saturated rings. The molecule has 0 aromatic heterocycles. The zero-order valence-electron chi connectivity index (χ0n) is 13.0. The van der Waals surface area contributed by atoms with Gasteiger partial charge >= 0.3 is 0 Å². The third kappa shape index (κ3) is 3.48. The van der Waals surface area contributed by atoms with Crippen LogP contribution in [-0.2, 0) is 0 Å². The molecule has 0 unspecified atom stereocenters. The minimum Gasteiger partial charge on any atom is -0.103 e. The molecule has 0 heteroatoms. The first-order valence-corrected chi connectivity index (χ1v) is 1.25. The molecule has 0 N–H and O–H groups in total. The Morgan fingerprint density at radius 2 is 2.17 bits per heavy atom. The summed E-state index contributed by atoms with van der Waals surface area (Å²) in [5, 5.41) is 0. The predicted molar refractivity (Wildman–Crippen MR) is 29.6 cm³/mol. The number of rotatable bonds is 3. The van der Waals surface area contributed by atoms with E-state index < -0.39 is 37.9 Å². The van der Waals surface area contributed by atoms with Crippen molar-refractivity contribution in [2.75, 3.05) is 0 Å². The van der Waals surface area contributed by atoms with E-state index >= 15 is 0 Å². The van der Waals surface area contributed by atoms with Crippen LogP contribution in [0.15, 0.2) is 25.2 Å². The van der Waals surface area contributed by atoms with Gasteiger partial charge in [-0.25, -0.2) is 0 Å². The second-order valence-electron chi connectivity index (χ2n) is 0.500. The van der Waals surface area contributed by atoms with Gasteiger partial charge in [-0.05, 0) is 12.7 Å². The second-order valence-corrected chi connectivity index (χ2v) is 0.500. The lowest BCUT2D eigenvalue weighted by atomic mass is 10.3. The minimum absolute atomic E-state index is 1.21. The van der Waals surface area contributed by atoms with Gasteiger partial charge in [0, 0.05) is 5.48 Å². The van der Waals surface area contributed by atoms with E-state index in [4.69, 9.17) is 13.7 Å². The molecule has 0 amide bonds. The van der Waals surface area contributed by atoms with Crippen LogP contribution in [0.1, 0.15) is 26.5 Å². The molecular weight excluding hydrogens is 72.1 g/mol. The van der Waals surface area contributed by atoms with Gasteiger partial charge in [0.2, 0.25) is 0 Å². The molecule has 0 spiro atoms. The summed E-state index contributed by atoms with van der Waals surface area (Å²) in [5.41, 5.74) is 0. The highest BCUT2D eigenvalue weighted by Crippen LogP contribution is 1.86. The van der Waals surface area contributed by atoms with Crippen molar-refractivity contribution in [2.45, 2.75) is 12.7 Å². The Morgan fingerprint density at radius 3 is 2.50 bits per heavy atom. The van der Waals surface area contributed by atoms with Crippen molar-refractivity contribution < 1.29 is 13.7 Å². The van der Waals surface area contributed by atoms with Gasteiger partial charge in [-0.1, -0.05) is 12.1 Å². The summed E-state index contributed by atoms with van der Waals surface area (Å²) in [6, 6.07) is -2.47. The topological polar surface area (TPSA) is 0 Å². The molecular formula is C6H10. The average molecular weight is 92.2 g/mol. The van der Waals surface area contributed by atoms with Crippen LogP contribution in [0.2, 0.25) is 0 Å². The van der Waals surface area contributed by atoms with E-state index in [1.807, 2.05) is 0 Å². The van der Waals surface area contributed by atoms with Gasteiger partial charge in [-0.15, -0.1) is 13.1 Å². The molecule has 0 aliphatic rings. The van der Waals surface area contributed by atoms with Gasteiger partial charge in [0.1, 0.15) is 0 Å². The lowest BCUT2D eigenvalue weighted by Gasteiger charge is -1.76. The van der Waals surface area contributed by atoms with Crippen LogP contribution in [0.25, 0.3) is 0 Å². The minimum atomic E-state index is -3.10. The molecule has 0 aromatic rings. The molecule has 0 aliphatic carbocycles. The smallest absolute Gasteiger partial charge is 0.0570 e. The summed E-state index contributed by atoms with van der Waals surface area (Å²) in [6.07, 6.45) is -6.20. The van der Waals surface area contributed by atoms with Crippen molar-refractivity contribution in [3.63, 3.8) is 0 Å². The highest BCUT2D eigenvalue weighted by atomic mass is 13.7. The quantitative estimate of drug-likeness (QED) is 0.468. The summed E-state index contributed by atoms with van der Waals surface area (Å²) in [6.45, 7) is -2.42. The normalized spacial score (nSPS) is 34.7. The summed E-state index contributed by atoms with van der Waals surface area (Å²) in [5.74, 6) is 0. The summed E-state index contributed by atoms with van der Waals surface area (Å²) in [7, 11) is 0. The maximum absolute atomic E-state index is 7.27. The molecule has 0 radical (unpaired) electrons. The number of allylic oxidation sites excluding steroid dienone is 2. The van der Waals surface area contributed by atoms with Gasteiger partial charge in [-0.2, -0.15) is 0 Å². The van der Waals surface area contributed by atoms with E-state index in [2.05, 4.69) is 0 Å². The van der Waals surface area contributed by atoms with E-state index in [1.54, 1.807) is 0 Å². The van der Waals surface area contributed by atoms with Crippen molar-refractivity contribution in [3.05, 3.63) is 25.2 Å². The maximum Gasteiger partial charge on any atom is 0.0570 e. The molecule has 34 valence electrons. The van der Waals surface area contributed by atoms with Crippen LogP contribution < -0.4 is 0 Å². The molecule has 0 bridgehead atoms. The van der Waals surface area contributed by atoms with Crippen LogP contribution in [-0.4, -0.2) is 0 Å². The standard InChI is InChI=1S/C6H10/c1-3-5-6-4-2/h3-4H,1-2,5-6H2/i1D2,2D2,3D,4D,5D2,6D2. The first-order chi connectivity index (χ1) is 6.96. The Kier molecular flexibility index (Phi) is 0.392. The fourth-order valence-electron chi connectivity index (χ4n) is 0.0625. The highest BCUT2D eigenvalue weighted by molar-refractivity contribution is 4.74. The predicted octanol–water partition coefficient (Wildman–Crippen LogP) is 2.14. The van der Waals surface area contributed by atoms with Crippen LogP contribution >= 0.6 is 0 Å². The van der Waals surface area contributed by atoms with Crippen molar-refractivity contribution >= 4 is 0 Å². The van der Waals surface area contributed by atoms with Gasteiger partial charge in [0.15, 0.2) is 0 Å². The third-order valence-electron chi connectivity index (χ3n) is 0.188. The second kappa shape index (κ2) is 4.48. The molecule has 0 heterocycles. The zero-order valence-corrected chi connectivity index (χ0v) is 3.00. The summed E-state index contributed by atoms with van der Waals surface area (Å²) < 4.78 is 70.3. The first kappa shape index (κ1) is 0.525. The van der Waals surface area contributed by atoms with Crippen molar-refractivity contribution in [3.8, 4) is 0 Å². The number of hydrogen-bond donors (Lipinski definition) is 0. The summed E-state index contributed by atoms with van der Waals surface area (Å²) in [4.78, 5) is 0. The molecule has 0 aromatic carbocycles. The fourth-order valence-corrected chi connectivity index (χ4v) is 0.0625. The van der Waals surface area contributed by atoms with Crippen LogP contribution in [0.3, 0.4) is 0 Å². The van der Waals surface area contributed by atoms with Crippen molar-refractivity contribution in [1.29, 1.82) is 0 Å². The lowest BCUT2D eigenvalue weighted by molar-refractivity contribution is 1.06. The Bertz CT molecular complexity index is 295. The highest BCUT2D eigenvalue weighted by Gasteiger charge is 1.66. The van der Waals surface area contributed by atoms with Crippen molar-refractivity contribution in [2.24, 2.45) is 0 Å². The van der Waals surface area contributed by atoms with Gasteiger partial charge in [-0.3, -0.25) is 0 Å². The van der Waals surface area contributed by atoms with E-state index in [9.17, 15) is 0 Å². The fraction of sp³-hybridized carbons (Fsp3) is 0.333. The van der Waals surface area contributed by atoms with E-state index in [-0.39, 0.29) is 0 Å². The first-order valence-electron chi connectivity index (χ1n) is 6.25. The maximum atomic E-state index is 7.27. The molecule has 0 aliphatic heterocycles. The lowest BCUT2D eigenvalue weighted by Crippen LogP contribution is -1.56. The Hall–Kier alpha value is -0.520. The Labute approximate surface area is 53.2 Å². The SMILES string of the molecule is [2H]C([2H])=C([2H])C([2H])([2H])C([2H])([2H])C([2H])=C([2H])[2H]. The summed E-state index contributed by atoms with van der Waals surface area (Å²) >= 11 is 0. The van der Waals surface area contributed by atoms with Gasteiger partial charge in [0.25, 0.3) is 0 Å². The molecule has 0 rings (SSSR count). The van der Waals surface area contributed by atoms with Gasteiger partial charge < -0.3 is 0 Å². The van der Waals surface area contributed by atoms with Crippen LogP contribution in [0.4, 0.5) is 0 Å². The average Bonchev–Trinajstić information content (AvgIpc) is 2.14. The molecule has 0 saturated carbocycles. The Balaban J connectivity index is 5.66. The third-order valence-corrected chi connectivity index (χ3v) is 0.188. The van der Waals surface area contributed by atoms with E-state index in [0.717, 1.165) is 0 Å². The monoisotopic (exact) mass is 92.1 g/mol. The molecule has 0 nitrogen and oxygen atoms in total.